The minimum absolute atomic E-state index is 0.124. The summed E-state index contributed by atoms with van der Waals surface area (Å²) in [6.45, 7) is 0. The van der Waals surface area contributed by atoms with Crippen molar-refractivity contribution in [1.29, 1.82) is 0 Å². The van der Waals surface area contributed by atoms with E-state index in [1.807, 2.05) is 52.5 Å². The predicted octanol–water partition coefficient (Wildman–Crippen LogP) is 4.78. The van der Waals surface area contributed by atoms with Gasteiger partial charge in [-0.05, 0) is 24.3 Å². The lowest BCUT2D eigenvalue weighted by molar-refractivity contribution is 1.03. The van der Waals surface area contributed by atoms with Crippen LogP contribution in [0.2, 0.25) is 10.2 Å². The highest BCUT2D eigenvalue weighted by atomic mass is 35.5. The molecule has 6 nitrogen and oxygen atoms in total. The zero-order valence-corrected chi connectivity index (χ0v) is 18.2. The molecule has 1 N–H and O–H groups in total. The van der Waals surface area contributed by atoms with E-state index in [4.69, 9.17) is 23.2 Å². The Hall–Kier alpha value is -2.83. The fourth-order valence-corrected chi connectivity index (χ4v) is 2.95. The van der Waals surface area contributed by atoms with Gasteiger partial charge in [-0.3, -0.25) is 5.43 Å². The number of hydrogen-bond donors (Lipinski definition) is 1. The van der Waals surface area contributed by atoms with Crippen molar-refractivity contribution >= 4 is 46.0 Å². The van der Waals surface area contributed by atoms with E-state index in [0.29, 0.717) is 5.69 Å². The number of nitrogens with zero attached hydrogens (tertiary/aromatic N) is 5. The largest absolute Gasteiger partial charge is 0.378 e. The molecule has 1 heterocycles. The number of rotatable bonds is 6. The maximum Gasteiger partial charge on any atom is 0.172 e. The van der Waals surface area contributed by atoms with Gasteiger partial charge in [-0.2, -0.15) is 10.2 Å². The summed E-state index contributed by atoms with van der Waals surface area (Å²) in [5.74, 6) is 0. The van der Waals surface area contributed by atoms with Gasteiger partial charge in [0.2, 0.25) is 0 Å². The van der Waals surface area contributed by atoms with Crippen LogP contribution in [0.15, 0.2) is 59.8 Å². The monoisotopic (exact) mass is 428 g/mol. The van der Waals surface area contributed by atoms with Gasteiger partial charge in [0.15, 0.2) is 5.15 Å². The number of anilines is 3. The van der Waals surface area contributed by atoms with E-state index in [1.165, 1.54) is 6.20 Å². The van der Waals surface area contributed by atoms with Gasteiger partial charge in [0.1, 0.15) is 5.02 Å². The molecule has 0 saturated carbocycles. The second-order valence-corrected chi connectivity index (χ2v) is 7.55. The zero-order chi connectivity index (χ0) is 21.0. The van der Waals surface area contributed by atoms with Gasteiger partial charge in [0.05, 0.1) is 17.6 Å². The van der Waals surface area contributed by atoms with Crippen molar-refractivity contribution in [3.63, 3.8) is 0 Å². The van der Waals surface area contributed by atoms with E-state index in [2.05, 4.69) is 54.8 Å². The average Bonchev–Trinajstić information content (AvgIpc) is 2.72. The second-order valence-electron chi connectivity index (χ2n) is 6.82. The molecule has 0 aliphatic rings. The molecule has 0 amide bonds. The normalized spacial score (nSPS) is 10.4. The summed E-state index contributed by atoms with van der Waals surface area (Å²) in [4.78, 5) is 4.10. The fourth-order valence-electron chi connectivity index (χ4n) is 2.67. The van der Waals surface area contributed by atoms with E-state index in [0.717, 1.165) is 28.2 Å². The van der Waals surface area contributed by atoms with Crippen LogP contribution in [0.5, 0.6) is 0 Å². The molecule has 0 saturated heterocycles. The highest BCUT2D eigenvalue weighted by Crippen LogP contribution is 2.27. The number of nitrogens with one attached hydrogen (secondary N) is 1. The summed E-state index contributed by atoms with van der Waals surface area (Å²) in [7, 11) is 8.03. The van der Waals surface area contributed by atoms with Gasteiger partial charge in [-0.25, -0.2) is 0 Å². The molecule has 0 radical (unpaired) electrons. The molecule has 0 unspecified atom stereocenters. The number of hydrogen-bond acceptors (Lipinski definition) is 6. The first kappa shape index (κ1) is 20.9. The van der Waals surface area contributed by atoms with E-state index >= 15 is 0 Å². The van der Waals surface area contributed by atoms with Crippen molar-refractivity contribution < 1.29 is 0 Å². The standard InChI is InChI=1S/C21H22Cl2N6/c1-28(2)16-9-5-14(6-10-16)20(15-7-11-17(12-8-15)29(3)4)26-25-18-13-24-27-21(23)19(18)22/h5-13H,1-4H3,(H,25,27). The third-order valence-corrected chi connectivity index (χ3v) is 5.10. The van der Waals surface area contributed by atoms with Crippen molar-refractivity contribution in [2.45, 2.75) is 0 Å². The van der Waals surface area contributed by atoms with Crippen LogP contribution in [0.3, 0.4) is 0 Å². The number of aromatic nitrogens is 2. The molecule has 150 valence electrons. The van der Waals surface area contributed by atoms with Crippen molar-refractivity contribution in [3.05, 3.63) is 76.0 Å². The highest BCUT2D eigenvalue weighted by molar-refractivity contribution is 6.42. The second kappa shape index (κ2) is 9.11. The van der Waals surface area contributed by atoms with E-state index in [1.54, 1.807) is 0 Å². The Morgan fingerprint density at radius 2 is 1.31 bits per heavy atom. The first-order valence-corrected chi connectivity index (χ1v) is 9.68. The smallest absolute Gasteiger partial charge is 0.172 e. The Morgan fingerprint density at radius 1 is 0.828 bits per heavy atom. The van der Waals surface area contributed by atoms with Gasteiger partial charge in [0.25, 0.3) is 0 Å². The molecule has 29 heavy (non-hydrogen) atoms. The van der Waals surface area contributed by atoms with Crippen LogP contribution in [0.25, 0.3) is 0 Å². The Balaban J connectivity index is 2.01. The lowest BCUT2D eigenvalue weighted by atomic mass is 10.0. The molecule has 0 aliphatic carbocycles. The van der Waals surface area contributed by atoms with Crippen molar-refractivity contribution in [2.75, 3.05) is 43.4 Å². The minimum atomic E-state index is 0.124. The first-order valence-electron chi connectivity index (χ1n) is 8.92. The predicted molar refractivity (Wildman–Crippen MR) is 123 cm³/mol. The van der Waals surface area contributed by atoms with Gasteiger partial charge >= 0.3 is 0 Å². The molecule has 1 aromatic heterocycles. The number of halogens is 2. The summed E-state index contributed by atoms with van der Waals surface area (Å²) in [6, 6.07) is 16.4. The molecule has 0 bridgehead atoms. The van der Waals surface area contributed by atoms with Crippen LogP contribution in [0.1, 0.15) is 11.1 Å². The average molecular weight is 429 g/mol. The first-order chi connectivity index (χ1) is 13.9. The van der Waals surface area contributed by atoms with Gasteiger partial charge < -0.3 is 9.80 Å². The molecule has 0 spiro atoms. The van der Waals surface area contributed by atoms with Crippen LogP contribution in [-0.4, -0.2) is 44.1 Å². The molecular weight excluding hydrogens is 407 g/mol. The van der Waals surface area contributed by atoms with Crippen LogP contribution >= 0.6 is 23.2 Å². The van der Waals surface area contributed by atoms with Crippen molar-refractivity contribution in [1.82, 2.24) is 10.2 Å². The van der Waals surface area contributed by atoms with Gasteiger partial charge in [0, 0.05) is 50.7 Å². The summed E-state index contributed by atoms with van der Waals surface area (Å²) < 4.78 is 0. The Bertz CT molecular complexity index is 945. The third-order valence-electron chi connectivity index (χ3n) is 4.35. The topological polar surface area (TPSA) is 56.6 Å². The van der Waals surface area contributed by atoms with Crippen molar-refractivity contribution in [2.24, 2.45) is 5.10 Å². The molecule has 3 aromatic rings. The highest BCUT2D eigenvalue weighted by Gasteiger charge is 2.11. The summed E-state index contributed by atoms with van der Waals surface area (Å²) in [5.41, 5.74) is 8.37. The zero-order valence-electron chi connectivity index (χ0n) is 16.7. The van der Waals surface area contributed by atoms with Crippen LogP contribution in [-0.2, 0) is 0 Å². The van der Waals surface area contributed by atoms with E-state index in [-0.39, 0.29) is 10.2 Å². The summed E-state index contributed by atoms with van der Waals surface area (Å²) in [6.07, 6.45) is 1.49. The van der Waals surface area contributed by atoms with Crippen LogP contribution in [0, 0.1) is 0 Å². The van der Waals surface area contributed by atoms with Gasteiger partial charge in [-0.15, -0.1) is 5.10 Å². The minimum Gasteiger partial charge on any atom is -0.378 e. The summed E-state index contributed by atoms with van der Waals surface area (Å²) >= 11 is 12.2. The maximum absolute atomic E-state index is 6.20. The number of benzene rings is 2. The fraction of sp³-hybridized carbons (Fsp3) is 0.190. The van der Waals surface area contributed by atoms with E-state index < -0.39 is 0 Å². The van der Waals surface area contributed by atoms with Gasteiger partial charge in [-0.1, -0.05) is 47.5 Å². The molecule has 0 atom stereocenters. The van der Waals surface area contributed by atoms with Crippen LogP contribution < -0.4 is 15.2 Å². The lowest BCUT2D eigenvalue weighted by Crippen LogP contribution is -2.11. The van der Waals surface area contributed by atoms with Crippen molar-refractivity contribution in [3.8, 4) is 0 Å². The molecular formula is C21H22Cl2N6. The Labute approximate surface area is 180 Å². The van der Waals surface area contributed by atoms with E-state index in [9.17, 15) is 0 Å². The molecule has 0 fully saturated rings. The van der Waals surface area contributed by atoms with Crippen LogP contribution in [0.4, 0.5) is 17.1 Å². The number of hydrazone groups is 1. The quantitative estimate of drug-likeness (QED) is 0.452. The molecule has 0 aliphatic heterocycles. The maximum atomic E-state index is 6.20. The molecule has 8 heteroatoms. The Morgan fingerprint density at radius 3 is 1.76 bits per heavy atom. The molecule has 2 aromatic carbocycles. The lowest BCUT2D eigenvalue weighted by Gasteiger charge is -2.15. The third kappa shape index (κ3) is 4.96. The summed E-state index contributed by atoms with van der Waals surface area (Å²) in [5, 5.41) is 12.6. The Kier molecular flexibility index (Phi) is 6.56. The SMILES string of the molecule is CN(C)c1ccc(C(=NNc2cnnc(Cl)c2Cl)c2ccc(N(C)C)cc2)cc1. The molecule has 3 rings (SSSR count).